The fraction of sp³-hybridized carbons (Fsp3) is 0.333. The van der Waals surface area contributed by atoms with Gasteiger partial charge in [-0.2, -0.15) is 0 Å². The van der Waals surface area contributed by atoms with Gasteiger partial charge in [0.25, 0.3) is 11.8 Å². The topological polar surface area (TPSA) is 86.8 Å². The number of aryl methyl sites for hydroxylation is 3. The van der Waals surface area contributed by atoms with Crippen molar-refractivity contribution < 1.29 is 19.2 Å². The molecule has 1 aliphatic heterocycles. The third kappa shape index (κ3) is 4.82. The van der Waals surface area contributed by atoms with Crippen molar-refractivity contribution in [2.24, 2.45) is 0 Å². The highest BCUT2D eigenvalue weighted by molar-refractivity contribution is 6.21. The Balaban J connectivity index is 1.49. The minimum absolute atomic E-state index is 0.0708. The van der Waals surface area contributed by atoms with Gasteiger partial charge in [0, 0.05) is 25.7 Å². The van der Waals surface area contributed by atoms with Crippen LogP contribution in [0.3, 0.4) is 0 Å². The second kappa shape index (κ2) is 9.12. The molecule has 0 fully saturated rings. The SMILES string of the molecule is Cc1cc(C)c(NC(=O)CN(C)C(=O)CCCN2C(=O)c3ccccc3C2=O)c(C)c1. The normalized spacial score (nSPS) is 12.7. The molecule has 0 aromatic heterocycles. The molecule has 0 aliphatic carbocycles. The van der Waals surface area contributed by atoms with Gasteiger partial charge in [-0.25, -0.2) is 0 Å². The van der Waals surface area contributed by atoms with E-state index in [2.05, 4.69) is 5.32 Å². The fourth-order valence-corrected chi connectivity index (χ4v) is 3.88. The Hall–Kier alpha value is -3.48. The molecular weight excluding hydrogens is 394 g/mol. The average Bonchev–Trinajstić information content (AvgIpc) is 2.95. The molecule has 162 valence electrons. The summed E-state index contributed by atoms with van der Waals surface area (Å²) >= 11 is 0. The molecule has 0 spiro atoms. The molecule has 2 aromatic rings. The number of benzene rings is 2. The van der Waals surface area contributed by atoms with Gasteiger partial charge in [0.05, 0.1) is 17.7 Å². The summed E-state index contributed by atoms with van der Waals surface area (Å²) < 4.78 is 0. The highest BCUT2D eigenvalue weighted by atomic mass is 16.2. The molecular formula is C24H27N3O4. The Kier molecular flexibility index (Phi) is 6.53. The van der Waals surface area contributed by atoms with Crippen LogP contribution in [0, 0.1) is 20.8 Å². The lowest BCUT2D eigenvalue weighted by molar-refractivity contribution is -0.133. The van der Waals surface area contributed by atoms with Gasteiger partial charge >= 0.3 is 0 Å². The molecule has 0 bridgehead atoms. The number of carbonyl (C=O) groups excluding carboxylic acids is 4. The molecule has 1 aliphatic rings. The van der Waals surface area contributed by atoms with Crippen molar-refractivity contribution in [1.82, 2.24) is 9.80 Å². The predicted octanol–water partition coefficient (Wildman–Crippen LogP) is 3.09. The maximum Gasteiger partial charge on any atom is 0.261 e. The van der Waals surface area contributed by atoms with Crippen LogP contribution in [0.1, 0.15) is 50.2 Å². The maximum atomic E-state index is 12.4. The van der Waals surface area contributed by atoms with Gasteiger partial charge in [0.2, 0.25) is 11.8 Å². The molecule has 2 aromatic carbocycles. The number of carbonyl (C=O) groups is 4. The number of hydrogen-bond donors (Lipinski definition) is 1. The van der Waals surface area contributed by atoms with Gasteiger partial charge in [0.1, 0.15) is 0 Å². The number of nitrogens with zero attached hydrogens (tertiary/aromatic N) is 2. The van der Waals surface area contributed by atoms with Crippen molar-refractivity contribution in [3.05, 3.63) is 64.2 Å². The lowest BCUT2D eigenvalue weighted by Gasteiger charge is -2.19. The molecule has 0 radical (unpaired) electrons. The monoisotopic (exact) mass is 421 g/mol. The zero-order valence-corrected chi connectivity index (χ0v) is 18.3. The summed E-state index contributed by atoms with van der Waals surface area (Å²) in [7, 11) is 1.57. The lowest BCUT2D eigenvalue weighted by atomic mass is 10.1. The van der Waals surface area contributed by atoms with Crippen LogP contribution in [0.25, 0.3) is 0 Å². The van der Waals surface area contributed by atoms with E-state index in [1.54, 1.807) is 31.3 Å². The quantitative estimate of drug-likeness (QED) is 0.696. The van der Waals surface area contributed by atoms with Crippen molar-refractivity contribution in [1.29, 1.82) is 0 Å². The minimum atomic E-state index is -0.329. The van der Waals surface area contributed by atoms with Crippen molar-refractivity contribution in [3.63, 3.8) is 0 Å². The predicted molar refractivity (Wildman–Crippen MR) is 118 cm³/mol. The van der Waals surface area contributed by atoms with Crippen LogP contribution in [0.4, 0.5) is 5.69 Å². The van der Waals surface area contributed by atoms with E-state index in [1.165, 1.54) is 9.80 Å². The Morgan fingerprint density at radius 2 is 1.52 bits per heavy atom. The summed E-state index contributed by atoms with van der Waals surface area (Å²) in [6.45, 7) is 5.96. The van der Waals surface area contributed by atoms with E-state index >= 15 is 0 Å². The van der Waals surface area contributed by atoms with E-state index in [0.717, 1.165) is 22.4 Å². The number of rotatable bonds is 7. The van der Waals surface area contributed by atoms with Crippen LogP contribution in [0.15, 0.2) is 36.4 Å². The number of anilines is 1. The van der Waals surface area contributed by atoms with E-state index < -0.39 is 0 Å². The smallest absolute Gasteiger partial charge is 0.261 e. The number of hydrogen-bond acceptors (Lipinski definition) is 4. The fourth-order valence-electron chi connectivity index (χ4n) is 3.88. The Morgan fingerprint density at radius 3 is 2.06 bits per heavy atom. The maximum absolute atomic E-state index is 12.4. The molecule has 1 N–H and O–H groups in total. The number of nitrogens with one attached hydrogen (secondary N) is 1. The molecule has 0 saturated carbocycles. The molecule has 31 heavy (non-hydrogen) atoms. The van der Waals surface area contributed by atoms with Crippen LogP contribution < -0.4 is 5.32 Å². The summed E-state index contributed by atoms with van der Waals surface area (Å²) in [5.41, 5.74) is 4.63. The van der Waals surface area contributed by atoms with Crippen LogP contribution in [0.5, 0.6) is 0 Å². The Labute approximate surface area is 182 Å². The van der Waals surface area contributed by atoms with E-state index in [4.69, 9.17) is 0 Å². The third-order valence-corrected chi connectivity index (χ3v) is 5.40. The van der Waals surface area contributed by atoms with Gasteiger partial charge in [-0.05, 0) is 50.5 Å². The molecule has 3 rings (SSSR count). The third-order valence-electron chi connectivity index (χ3n) is 5.40. The van der Waals surface area contributed by atoms with E-state index in [9.17, 15) is 19.2 Å². The Morgan fingerprint density at radius 1 is 0.968 bits per heavy atom. The highest BCUT2D eigenvalue weighted by Crippen LogP contribution is 2.23. The van der Waals surface area contributed by atoms with Gasteiger partial charge in [-0.15, -0.1) is 0 Å². The minimum Gasteiger partial charge on any atom is -0.336 e. The van der Waals surface area contributed by atoms with Crippen LogP contribution in [0.2, 0.25) is 0 Å². The molecule has 0 saturated heterocycles. The molecule has 4 amide bonds. The zero-order chi connectivity index (χ0) is 22.7. The van der Waals surface area contributed by atoms with Gasteiger partial charge in [0.15, 0.2) is 0 Å². The molecule has 0 unspecified atom stereocenters. The number of amides is 4. The van der Waals surface area contributed by atoms with E-state index in [1.807, 2.05) is 32.9 Å². The first-order valence-electron chi connectivity index (χ1n) is 10.3. The van der Waals surface area contributed by atoms with Crippen LogP contribution in [-0.2, 0) is 9.59 Å². The van der Waals surface area contributed by atoms with Crippen molar-refractivity contribution >= 4 is 29.3 Å². The molecule has 1 heterocycles. The van der Waals surface area contributed by atoms with Crippen molar-refractivity contribution in [3.8, 4) is 0 Å². The second-order valence-electron chi connectivity index (χ2n) is 7.98. The number of likely N-dealkylation sites (N-methyl/N-ethyl adjacent to an activating group) is 1. The standard InChI is InChI=1S/C24H27N3O4/c1-15-12-16(2)22(17(3)13-15)25-20(28)14-26(4)21(29)10-7-11-27-23(30)18-8-5-6-9-19(18)24(27)31/h5-6,8-9,12-13H,7,10-11,14H2,1-4H3,(H,25,28). The summed E-state index contributed by atoms with van der Waals surface area (Å²) in [6.07, 6.45) is 0.478. The van der Waals surface area contributed by atoms with E-state index in [-0.39, 0.29) is 43.1 Å². The van der Waals surface area contributed by atoms with Gasteiger partial charge in [-0.3, -0.25) is 24.1 Å². The number of fused-ring (bicyclic) bond motifs is 1. The first-order chi connectivity index (χ1) is 14.7. The molecule has 7 heteroatoms. The average molecular weight is 421 g/mol. The second-order valence-corrected chi connectivity index (χ2v) is 7.98. The molecule has 0 atom stereocenters. The van der Waals surface area contributed by atoms with Gasteiger partial charge in [-0.1, -0.05) is 29.8 Å². The highest BCUT2D eigenvalue weighted by Gasteiger charge is 2.34. The lowest BCUT2D eigenvalue weighted by Crippen LogP contribution is -2.36. The summed E-state index contributed by atoms with van der Waals surface area (Å²) in [5, 5.41) is 2.88. The Bertz CT molecular complexity index is 1000. The largest absolute Gasteiger partial charge is 0.336 e. The van der Waals surface area contributed by atoms with Crippen LogP contribution in [-0.4, -0.2) is 53.6 Å². The van der Waals surface area contributed by atoms with Crippen LogP contribution >= 0.6 is 0 Å². The number of imide groups is 1. The first kappa shape index (κ1) is 22.2. The summed E-state index contributed by atoms with van der Waals surface area (Å²) in [5.74, 6) is -1.15. The summed E-state index contributed by atoms with van der Waals surface area (Å²) in [4.78, 5) is 52.1. The van der Waals surface area contributed by atoms with Crippen molar-refractivity contribution in [2.75, 3.05) is 25.5 Å². The molecule has 7 nitrogen and oxygen atoms in total. The van der Waals surface area contributed by atoms with E-state index in [0.29, 0.717) is 17.5 Å². The van der Waals surface area contributed by atoms with Crippen molar-refractivity contribution in [2.45, 2.75) is 33.6 Å². The zero-order valence-electron chi connectivity index (χ0n) is 18.3. The summed E-state index contributed by atoms with van der Waals surface area (Å²) in [6, 6.07) is 10.7. The van der Waals surface area contributed by atoms with Gasteiger partial charge < -0.3 is 10.2 Å². The first-order valence-corrected chi connectivity index (χ1v) is 10.3.